The molecule has 0 bridgehead atoms. The third-order valence-corrected chi connectivity index (χ3v) is 4.56. The summed E-state index contributed by atoms with van der Waals surface area (Å²) in [6.45, 7) is 4.30. The largest absolute Gasteiger partial charge is 0.494 e. The first-order chi connectivity index (χ1) is 14.0. The summed E-state index contributed by atoms with van der Waals surface area (Å²) in [7, 11) is 0. The highest BCUT2D eigenvalue weighted by Crippen LogP contribution is 2.28. The van der Waals surface area contributed by atoms with E-state index >= 15 is 0 Å². The van der Waals surface area contributed by atoms with Crippen LogP contribution >= 0.6 is 0 Å². The second-order valence-corrected chi connectivity index (χ2v) is 6.66. The number of halogens is 3. The van der Waals surface area contributed by atoms with Crippen molar-refractivity contribution in [1.29, 1.82) is 0 Å². The standard InChI is InChI=1S/C24H23F3O2/c1-3-5-18-10-13-22(24(27)23(18)26)29-15-16-6-8-17(9-7-16)20-12-11-19(28-4-2)14-21(20)25/h6-14H,3-5,15H2,1-2H3. The van der Waals surface area contributed by atoms with Crippen molar-refractivity contribution in [3.05, 3.63) is 83.2 Å². The summed E-state index contributed by atoms with van der Waals surface area (Å²) in [5.74, 6) is -1.83. The van der Waals surface area contributed by atoms with Crippen LogP contribution in [0.25, 0.3) is 11.1 Å². The van der Waals surface area contributed by atoms with Crippen LogP contribution in [0, 0.1) is 17.5 Å². The van der Waals surface area contributed by atoms with Crippen molar-refractivity contribution in [2.75, 3.05) is 6.61 Å². The Morgan fingerprint density at radius 1 is 0.793 bits per heavy atom. The maximum atomic E-state index is 14.3. The van der Waals surface area contributed by atoms with Gasteiger partial charge in [-0.25, -0.2) is 8.78 Å². The molecule has 2 nitrogen and oxygen atoms in total. The molecule has 0 aliphatic heterocycles. The van der Waals surface area contributed by atoms with Crippen LogP contribution in [0.4, 0.5) is 13.2 Å². The third-order valence-electron chi connectivity index (χ3n) is 4.56. The molecule has 152 valence electrons. The van der Waals surface area contributed by atoms with Crippen molar-refractivity contribution < 1.29 is 22.6 Å². The number of benzene rings is 3. The van der Waals surface area contributed by atoms with E-state index in [1.54, 1.807) is 42.5 Å². The van der Waals surface area contributed by atoms with Crippen molar-refractivity contribution in [2.45, 2.75) is 33.3 Å². The number of hydrogen-bond donors (Lipinski definition) is 0. The van der Waals surface area contributed by atoms with Crippen LogP contribution in [-0.4, -0.2) is 6.61 Å². The number of aryl methyl sites for hydroxylation is 1. The fourth-order valence-electron chi connectivity index (χ4n) is 3.07. The summed E-state index contributed by atoms with van der Waals surface area (Å²) in [5, 5.41) is 0. The first-order valence-corrected chi connectivity index (χ1v) is 9.64. The molecule has 0 heterocycles. The molecule has 0 radical (unpaired) electrons. The monoisotopic (exact) mass is 400 g/mol. The molecule has 5 heteroatoms. The van der Waals surface area contributed by atoms with E-state index in [-0.39, 0.29) is 18.2 Å². The SMILES string of the molecule is CCCc1ccc(OCc2ccc(-c3ccc(OCC)cc3F)cc2)c(F)c1F. The van der Waals surface area contributed by atoms with E-state index in [1.807, 2.05) is 13.8 Å². The second-order valence-electron chi connectivity index (χ2n) is 6.66. The summed E-state index contributed by atoms with van der Waals surface area (Å²) in [4.78, 5) is 0. The lowest BCUT2D eigenvalue weighted by Crippen LogP contribution is -2.01. The van der Waals surface area contributed by atoms with E-state index in [9.17, 15) is 13.2 Å². The molecule has 0 aliphatic rings. The molecule has 0 fully saturated rings. The van der Waals surface area contributed by atoms with Crippen LogP contribution in [0.2, 0.25) is 0 Å². The van der Waals surface area contributed by atoms with Gasteiger partial charge in [0.25, 0.3) is 0 Å². The van der Waals surface area contributed by atoms with Crippen molar-refractivity contribution in [3.8, 4) is 22.6 Å². The summed E-state index contributed by atoms with van der Waals surface area (Å²) in [6, 6.07) is 14.8. The lowest BCUT2D eigenvalue weighted by Gasteiger charge is -2.11. The van der Waals surface area contributed by atoms with Gasteiger partial charge in [0.2, 0.25) is 5.82 Å². The van der Waals surface area contributed by atoms with E-state index in [4.69, 9.17) is 9.47 Å². The van der Waals surface area contributed by atoms with Crippen molar-refractivity contribution in [1.82, 2.24) is 0 Å². The van der Waals surface area contributed by atoms with E-state index in [0.717, 1.165) is 12.0 Å². The minimum Gasteiger partial charge on any atom is -0.494 e. The molecule has 0 unspecified atom stereocenters. The quantitative estimate of drug-likeness (QED) is 0.419. The lowest BCUT2D eigenvalue weighted by atomic mass is 10.0. The molecule has 3 aromatic carbocycles. The van der Waals surface area contributed by atoms with Crippen LogP contribution in [0.15, 0.2) is 54.6 Å². The summed E-state index contributed by atoms with van der Waals surface area (Å²) < 4.78 is 53.2. The van der Waals surface area contributed by atoms with E-state index < -0.39 is 11.6 Å². The number of rotatable bonds is 8. The average molecular weight is 400 g/mol. The average Bonchev–Trinajstić information content (AvgIpc) is 2.72. The molecule has 3 aromatic rings. The number of ether oxygens (including phenoxy) is 2. The number of hydrogen-bond acceptors (Lipinski definition) is 2. The molecule has 0 spiro atoms. The highest BCUT2D eigenvalue weighted by molar-refractivity contribution is 5.65. The second kappa shape index (κ2) is 9.50. The molecule has 0 saturated carbocycles. The molecule has 0 amide bonds. The van der Waals surface area contributed by atoms with E-state index in [2.05, 4.69) is 0 Å². The van der Waals surface area contributed by atoms with Gasteiger partial charge in [-0.3, -0.25) is 0 Å². The molecule has 0 aliphatic carbocycles. The Hall–Kier alpha value is -2.95. The van der Waals surface area contributed by atoms with Gasteiger partial charge in [-0.2, -0.15) is 4.39 Å². The minimum absolute atomic E-state index is 0.0789. The summed E-state index contributed by atoms with van der Waals surface area (Å²) >= 11 is 0. The molecule has 3 rings (SSSR count). The Labute approximate surface area is 168 Å². The normalized spacial score (nSPS) is 10.8. The van der Waals surface area contributed by atoms with Gasteiger partial charge in [-0.1, -0.05) is 43.7 Å². The Kier molecular flexibility index (Phi) is 6.81. The maximum absolute atomic E-state index is 14.3. The van der Waals surface area contributed by atoms with Crippen LogP contribution < -0.4 is 9.47 Å². The van der Waals surface area contributed by atoms with Crippen molar-refractivity contribution in [2.24, 2.45) is 0 Å². The van der Waals surface area contributed by atoms with Crippen LogP contribution in [0.3, 0.4) is 0 Å². The lowest BCUT2D eigenvalue weighted by molar-refractivity contribution is 0.284. The van der Waals surface area contributed by atoms with Gasteiger partial charge in [0.15, 0.2) is 11.6 Å². The van der Waals surface area contributed by atoms with Gasteiger partial charge in [0.05, 0.1) is 6.61 Å². The predicted molar refractivity (Wildman–Crippen MR) is 108 cm³/mol. The summed E-state index contributed by atoms with van der Waals surface area (Å²) in [6.07, 6.45) is 1.21. The molecule has 0 atom stereocenters. The highest BCUT2D eigenvalue weighted by Gasteiger charge is 2.14. The van der Waals surface area contributed by atoms with E-state index in [0.29, 0.717) is 35.5 Å². The van der Waals surface area contributed by atoms with E-state index in [1.165, 1.54) is 12.1 Å². The molecule has 0 saturated heterocycles. The molecule has 29 heavy (non-hydrogen) atoms. The maximum Gasteiger partial charge on any atom is 0.200 e. The Balaban J connectivity index is 1.69. The molecular weight excluding hydrogens is 377 g/mol. The first-order valence-electron chi connectivity index (χ1n) is 9.64. The Morgan fingerprint density at radius 3 is 2.21 bits per heavy atom. The summed E-state index contributed by atoms with van der Waals surface area (Å²) in [5.41, 5.74) is 2.27. The zero-order chi connectivity index (χ0) is 20.8. The fraction of sp³-hybridized carbons (Fsp3) is 0.250. The first kappa shape index (κ1) is 20.8. The van der Waals surface area contributed by atoms with Gasteiger partial charge in [0, 0.05) is 11.6 Å². The minimum atomic E-state index is -0.968. The topological polar surface area (TPSA) is 18.5 Å². The van der Waals surface area contributed by atoms with Crippen molar-refractivity contribution in [3.63, 3.8) is 0 Å². The van der Waals surface area contributed by atoms with Gasteiger partial charge in [-0.05, 0) is 48.2 Å². The van der Waals surface area contributed by atoms with Gasteiger partial charge < -0.3 is 9.47 Å². The van der Waals surface area contributed by atoms with Gasteiger partial charge in [0.1, 0.15) is 18.2 Å². The predicted octanol–water partition coefficient (Wildman–Crippen LogP) is 6.70. The van der Waals surface area contributed by atoms with Gasteiger partial charge in [-0.15, -0.1) is 0 Å². The van der Waals surface area contributed by atoms with Crippen LogP contribution in [-0.2, 0) is 13.0 Å². The highest BCUT2D eigenvalue weighted by atomic mass is 19.2. The Bertz CT molecular complexity index is 969. The Morgan fingerprint density at radius 2 is 1.55 bits per heavy atom. The smallest absolute Gasteiger partial charge is 0.200 e. The molecular formula is C24H23F3O2. The zero-order valence-corrected chi connectivity index (χ0v) is 16.5. The third kappa shape index (κ3) is 4.91. The van der Waals surface area contributed by atoms with Crippen LogP contribution in [0.5, 0.6) is 11.5 Å². The fourth-order valence-corrected chi connectivity index (χ4v) is 3.07. The van der Waals surface area contributed by atoms with Crippen LogP contribution in [0.1, 0.15) is 31.4 Å². The molecule has 0 N–H and O–H groups in total. The van der Waals surface area contributed by atoms with Gasteiger partial charge >= 0.3 is 0 Å². The molecule has 0 aromatic heterocycles. The van der Waals surface area contributed by atoms with Crippen molar-refractivity contribution >= 4 is 0 Å². The zero-order valence-electron chi connectivity index (χ0n) is 16.5.